The van der Waals surface area contributed by atoms with Gasteiger partial charge < -0.3 is 15.2 Å². The van der Waals surface area contributed by atoms with Gasteiger partial charge >= 0.3 is 0 Å². The number of aliphatic hydroxyl groups excluding tert-OH is 1. The molecule has 106 valence electrons. The molecule has 2 aliphatic heterocycles. The molecule has 0 amide bonds. The molecule has 0 aromatic carbocycles. The Labute approximate surface area is 111 Å². The second kappa shape index (κ2) is 5.87. The van der Waals surface area contributed by atoms with Gasteiger partial charge in [0.05, 0.1) is 19.3 Å². The molecular weight excluding hydrogens is 228 g/mol. The summed E-state index contributed by atoms with van der Waals surface area (Å²) >= 11 is 0. The number of rotatable bonds is 2. The molecule has 2 rings (SSSR count). The van der Waals surface area contributed by atoms with Crippen LogP contribution in [0, 0.1) is 5.41 Å². The highest BCUT2D eigenvalue weighted by atomic mass is 16.5. The highest BCUT2D eigenvalue weighted by Crippen LogP contribution is 2.28. The van der Waals surface area contributed by atoms with Crippen LogP contribution in [0.4, 0.5) is 0 Å². The molecule has 3 atom stereocenters. The first-order valence-electron chi connectivity index (χ1n) is 7.21. The Hall–Kier alpha value is -0.160. The molecular formula is C14H28N2O2. The van der Waals surface area contributed by atoms with E-state index in [1.807, 2.05) is 0 Å². The molecule has 0 radical (unpaired) electrons. The zero-order chi connectivity index (χ0) is 13.2. The van der Waals surface area contributed by atoms with Crippen LogP contribution in [0.1, 0.15) is 33.6 Å². The van der Waals surface area contributed by atoms with Crippen molar-refractivity contribution in [1.29, 1.82) is 0 Å². The second-order valence-electron chi connectivity index (χ2n) is 6.76. The summed E-state index contributed by atoms with van der Waals surface area (Å²) in [5.74, 6) is 0. The van der Waals surface area contributed by atoms with Gasteiger partial charge in [-0.3, -0.25) is 4.90 Å². The lowest BCUT2D eigenvalue weighted by atomic mass is 9.78. The first kappa shape index (κ1) is 14.3. The highest BCUT2D eigenvalue weighted by molar-refractivity contribution is 4.94. The van der Waals surface area contributed by atoms with E-state index in [2.05, 4.69) is 31.0 Å². The molecule has 2 N–H and O–H groups in total. The van der Waals surface area contributed by atoms with Crippen molar-refractivity contribution in [2.24, 2.45) is 5.41 Å². The van der Waals surface area contributed by atoms with Gasteiger partial charge in [0.15, 0.2) is 0 Å². The number of hydrogen-bond acceptors (Lipinski definition) is 4. The summed E-state index contributed by atoms with van der Waals surface area (Å²) in [6.07, 6.45) is 1.79. The van der Waals surface area contributed by atoms with Gasteiger partial charge in [-0.2, -0.15) is 0 Å². The van der Waals surface area contributed by atoms with E-state index in [-0.39, 0.29) is 17.6 Å². The molecule has 4 heteroatoms. The van der Waals surface area contributed by atoms with Gasteiger partial charge in [0.25, 0.3) is 0 Å². The van der Waals surface area contributed by atoms with Crippen molar-refractivity contribution in [3.63, 3.8) is 0 Å². The second-order valence-corrected chi connectivity index (χ2v) is 6.76. The summed E-state index contributed by atoms with van der Waals surface area (Å²) in [6, 6.07) is 0.716. The smallest absolute Gasteiger partial charge is 0.0699 e. The van der Waals surface area contributed by atoms with Gasteiger partial charge in [-0.05, 0) is 18.3 Å². The van der Waals surface area contributed by atoms with Crippen LogP contribution in [0.5, 0.6) is 0 Å². The fourth-order valence-electron chi connectivity index (χ4n) is 3.05. The summed E-state index contributed by atoms with van der Waals surface area (Å²) in [7, 11) is 0. The standard InChI is InChI=1S/C14H28N2O2/c1-14(2,3)13-12(17)5-4-11(15-13)10-16-6-8-18-9-7-16/h11-13,15,17H,4-10H2,1-3H3. The Morgan fingerprint density at radius 3 is 2.50 bits per heavy atom. The van der Waals surface area contributed by atoms with E-state index < -0.39 is 0 Å². The minimum Gasteiger partial charge on any atom is -0.391 e. The predicted octanol–water partition coefficient (Wildman–Crippen LogP) is 0.846. The molecule has 2 saturated heterocycles. The fraction of sp³-hybridized carbons (Fsp3) is 1.00. The Morgan fingerprint density at radius 1 is 1.22 bits per heavy atom. The minimum atomic E-state index is -0.203. The van der Waals surface area contributed by atoms with E-state index in [9.17, 15) is 5.11 Å². The lowest BCUT2D eigenvalue weighted by Gasteiger charge is -2.43. The van der Waals surface area contributed by atoms with E-state index >= 15 is 0 Å². The van der Waals surface area contributed by atoms with Crippen molar-refractivity contribution in [2.75, 3.05) is 32.8 Å². The lowest BCUT2D eigenvalue weighted by Crippen LogP contribution is -2.59. The molecule has 0 saturated carbocycles. The van der Waals surface area contributed by atoms with E-state index in [0.29, 0.717) is 6.04 Å². The van der Waals surface area contributed by atoms with Crippen molar-refractivity contribution in [3.8, 4) is 0 Å². The van der Waals surface area contributed by atoms with Gasteiger partial charge in [-0.1, -0.05) is 20.8 Å². The average molecular weight is 256 g/mol. The first-order chi connectivity index (χ1) is 8.47. The van der Waals surface area contributed by atoms with Crippen molar-refractivity contribution in [3.05, 3.63) is 0 Å². The lowest BCUT2D eigenvalue weighted by molar-refractivity contribution is 0.00478. The number of nitrogens with zero attached hydrogens (tertiary/aromatic N) is 1. The molecule has 18 heavy (non-hydrogen) atoms. The molecule has 2 fully saturated rings. The monoisotopic (exact) mass is 256 g/mol. The third-order valence-corrected chi connectivity index (χ3v) is 4.13. The Bertz CT molecular complexity index is 259. The molecule has 4 nitrogen and oxygen atoms in total. The van der Waals surface area contributed by atoms with Gasteiger partial charge in [0.1, 0.15) is 0 Å². The normalized spacial score (nSPS) is 35.7. The number of morpholine rings is 1. The highest BCUT2D eigenvalue weighted by Gasteiger charge is 2.36. The maximum absolute atomic E-state index is 10.1. The van der Waals surface area contributed by atoms with Crippen LogP contribution in [0.25, 0.3) is 0 Å². The van der Waals surface area contributed by atoms with Crippen molar-refractivity contribution < 1.29 is 9.84 Å². The van der Waals surface area contributed by atoms with Crippen LogP contribution >= 0.6 is 0 Å². The molecule has 0 bridgehead atoms. The third-order valence-electron chi connectivity index (χ3n) is 4.13. The number of ether oxygens (including phenoxy) is 1. The SMILES string of the molecule is CC(C)(C)C1NC(CN2CCOCC2)CCC1O. The summed E-state index contributed by atoms with van der Waals surface area (Å²) < 4.78 is 5.38. The third kappa shape index (κ3) is 3.67. The minimum absolute atomic E-state index is 0.114. The summed E-state index contributed by atoms with van der Waals surface area (Å²) in [5.41, 5.74) is 0.114. The summed E-state index contributed by atoms with van der Waals surface area (Å²) in [5, 5.41) is 13.8. The van der Waals surface area contributed by atoms with Crippen LogP contribution < -0.4 is 5.32 Å². The molecule has 0 aromatic rings. The zero-order valence-electron chi connectivity index (χ0n) is 12.0. The number of nitrogens with one attached hydrogen (secondary N) is 1. The number of aliphatic hydroxyl groups is 1. The maximum atomic E-state index is 10.1. The quantitative estimate of drug-likeness (QED) is 0.769. The Morgan fingerprint density at radius 2 is 1.89 bits per heavy atom. The van der Waals surface area contributed by atoms with Crippen LogP contribution in [0.15, 0.2) is 0 Å². The van der Waals surface area contributed by atoms with Crippen molar-refractivity contribution in [1.82, 2.24) is 10.2 Å². The van der Waals surface area contributed by atoms with E-state index in [1.54, 1.807) is 0 Å². The van der Waals surface area contributed by atoms with Gasteiger partial charge in [-0.25, -0.2) is 0 Å². The van der Waals surface area contributed by atoms with E-state index in [0.717, 1.165) is 45.7 Å². The van der Waals surface area contributed by atoms with E-state index in [4.69, 9.17) is 4.74 Å². The molecule has 0 aromatic heterocycles. The average Bonchev–Trinajstić information content (AvgIpc) is 2.31. The topological polar surface area (TPSA) is 44.7 Å². The van der Waals surface area contributed by atoms with Crippen LogP contribution in [0.3, 0.4) is 0 Å². The summed E-state index contributed by atoms with van der Waals surface area (Å²) in [6.45, 7) is 11.5. The Kier molecular flexibility index (Phi) is 4.64. The first-order valence-corrected chi connectivity index (χ1v) is 7.21. The molecule has 2 heterocycles. The molecule has 2 aliphatic rings. The largest absolute Gasteiger partial charge is 0.391 e. The predicted molar refractivity (Wildman–Crippen MR) is 72.7 cm³/mol. The maximum Gasteiger partial charge on any atom is 0.0699 e. The van der Waals surface area contributed by atoms with Crippen LogP contribution in [-0.4, -0.2) is 61.0 Å². The van der Waals surface area contributed by atoms with Gasteiger partial charge in [-0.15, -0.1) is 0 Å². The van der Waals surface area contributed by atoms with Crippen molar-refractivity contribution >= 4 is 0 Å². The van der Waals surface area contributed by atoms with Gasteiger partial charge in [0.2, 0.25) is 0 Å². The number of hydrogen-bond donors (Lipinski definition) is 2. The summed E-state index contributed by atoms with van der Waals surface area (Å²) in [4.78, 5) is 2.47. The van der Waals surface area contributed by atoms with Gasteiger partial charge in [0, 0.05) is 31.7 Å². The zero-order valence-corrected chi connectivity index (χ0v) is 12.0. The molecule has 0 spiro atoms. The molecule has 3 unspecified atom stereocenters. The fourth-order valence-corrected chi connectivity index (χ4v) is 3.05. The van der Waals surface area contributed by atoms with Crippen LogP contribution in [0.2, 0.25) is 0 Å². The Balaban J connectivity index is 1.86. The van der Waals surface area contributed by atoms with Crippen molar-refractivity contribution in [2.45, 2.75) is 51.8 Å². The molecule has 0 aliphatic carbocycles. The van der Waals surface area contributed by atoms with Crippen LogP contribution in [-0.2, 0) is 4.74 Å². The van der Waals surface area contributed by atoms with E-state index in [1.165, 1.54) is 0 Å². The number of piperidine rings is 1.